The Balaban J connectivity index is 2.27. The Labute approximate surface area is 115 Å². The van der Waals surface area contributed by atoms with Crippen LogP contribution in [-0.2, 0) is 9.84 Å². The van der Waals surface area contributed by atoms with Crippen molar-refractivity contribution in [1.29, 1.82) is 0 Å². The van der Waals surface area contributed by atoms with Crippen LogP contribution in [0.5, 0.6) is 0 Å². The molecule has 0 saturated carbocycles. The third kappa shape index (κ3) is 3.57. The van der Waals surface area contributed by atoms with Gasteiger partial charge in [-0.3, -0.25) is 0 Å². The summed E-state index contributed by atoms with van der Waals surface area (Å²) in [5.41, 5.74) is 0.763. The fourth-order valence-corrected chi connectivity index (χ4v) is 3.86. The number of sulfone groups is 1. The van der Waals surface area contributed by atoms with Gasteiger partial charge in [0.25, 0.3) is 0 Å². The Morgan fingerprint density at radius 3 is 2.72 bits per heavy atom. The Bertz CT molecular complexity index is 674. The standard InChI is InChI=1S/C11H11ClN2O2S2/c1-18(15,16)7-6-17-10-8-4-2-3-5-9(8)13-11(12)14-10/h2-5H,6-7H2,1H3. The molecular weight excluding hydrogens is 292 g/mol. The minimum absolute atomic E-state index is 0.119. The minimum atomic E-state index is -2.95. The molecular formula is C11H11ClN2O2S2. The minimum Gasteiger partial charge on any atom is -0.229 e. The van der Waals surface area contributed by atoms with E-state index in [0.29, 0.717) is 10.8 Å². The molecule has 0 aliphatic heterocycles. The van der Waals surface area contributed by atoms with E-state index >= 15 is 0 Å². The van der Waals surface area contributed by atoms with Crippen LogP contribution >= 0.6 is 23.4 Å². The molecule has 4 nitrogen and oxygen atoms in total. The molecule has 2 rings (SSSR count). The van der Waals surface area contributed by atoms with Crippen LogP contribution < -0.4 is 0 Å². The van der Waals surface area contributed by atoms with Gasteiger partial charge in [-0.15, -0.1) is 11.8 Å². The van der Waals surface area contributed by atoms with Crippen LogP contribution in [0.4, 0.5) is 0 Å². The monoisotopic (exact) mass is 302 g/mol. The van der Waals surface area contributed by atoms with Crippen LogP contribution in [0.25, 0.3) is 10.9 Å². The topological polar surface area (TPSA) is 59.9 Å². The number of hydrogen-bond donors (Lipinski definition) is 0. The molecule has 0 atom stereocenters. The first-order valence-corrected chi connectivity index (χ1v) is 8.61. The van der Waals surface area contributed by atoms with Gasteiger partial charge in [-0.05, 0) is 17.7 Å². The Hall–Kier alpha value is -0.850. The lowest BCUT2D eigenvalue weighted by Gasteiger charge is -2.05. The molecule has 0 radical (unpaired) electrons. The number of aromatic nitrogens is 2. The second kappa shape index (κ2) is 5.42. The van der Waals surface area contributed by atoms with E-state index in [1.54, 1.807) is 0 Å². The molecule has 0 spiro atoms. The number of hydrogen-bond acceptors (Lipinski definition) is 5. The summed E-state index contributed by atoms with van der Waals surface area (Å²) in [6.45, 7) is 0. The van der Waals surface area contributed by atoms with Crippen LogP contribution in [0.2, 0.25) is 5.28 Å². The van der Waals surface area contributed by atoms with Gasteiger partial charge in [0.1, 0.15) is 14.9 Å². The fourth-order valence-electron chi connectivity index (χ4n) is 1.42. The number of rotatable bonds is 4. The number of fused-ring (bicyclic) bond motifs is 1. The lowest BCUT2D eigenvalue weighted by atomic mass is 10.2. The van der Waals surface area contributed by atoms with Crippen LogP contribution in [0.1, 0.15) is 0 Å². The van der Waals surface area contributed by atoms with Crippen molar-refractivity contribution in [2.75, 3.05) is 17.8 Å². The van der Waals surface area contributed by atoms with Crippen molar-refractivity contribution in [3.8, 4) is 0 Å². The van der Waals surface area contributed by atoms with Gasteiger partial charge in [-0.25, -0.2) is 18.4 Å². The van der Waals surface area contributed by atoms with Gasteiger partial charge in [0.05, 0.1) is 11.3 Å². The van der Waals surface area contributed by atoms with Crippen molar-refractivity contribution in [2.45, 2.75) is 5.03 Å². The summed E-state index contributed by atoms with van der Waals surface area (Å²) >= 11 is 7.22. The number of thioether (sulfide) groups is 1. The quantitative estimate of drug-likeness (QED) is 0.493. The highest BCUT2D eigenvalue weighted by atomic mass is 35.5. The van der Waals surface area contributed by atoms with Crippen LogP contribution in [0.3, 0.4) is 0 Å². The van der Waals surface area contributed by atoms with E-state index in [4.69, 9.17) is 11.6 Å². The molecule has 18 heavy (non-hydrogen) atoms. The van der Waals surface area contributed by atoms with Crippen molar-refractivity contribution in [3.63, 3.8) is 0 Å². The first-order chi connectivity index (χ1) is 8.46. The zero-order chi connectivity index (χ0) is 13.2. The van der Waals surface area contributed by atoms with Gasteiger partial charge in [-0.1, -0.05) is 18.2 Å². The molecule has 0 unspecified atom stereocenters. The average Bonchev–Trinajstić information content (AvgIpc) is 2.27. The van der Waals surface area contributed by atoms with Crippen molar-refractivity contribution < 1.29 is 8.42 Å². The third-order valence-corrected chi connectivity index (χ3v) is 4.60. The fraction of sp³-hybridized carbons (Fsp3) is 0.273. The van der Waals surface area contributed by atoms with Crippen molar-refractivity contribution >= 4 is 44.1 Å². The van der Waals surface area contributed by atoms with Gasteiger partial charge in [0.2, 0.25) is 5.28 Å². The SMILES string of the molecule is CS(=O)(=O)CCSc1nc(Cl)nc2ccccc12. The summed E-state index contributed by atoms with van der Waals surface area (Å²) < 4.78 is 22.2. The predicted molar refractivity (Wildman–Crippen MR) is 75.0 cm³/mol. The van der Waals surface area contributed by atoms with E-state index in [0.717, 1.165) is 10.9 Å². The smallest absolute Gasteiger partial charge is 0.224 e. The molecule has 0 aliphatic rings. The molecule has 2 aromatic rings. The van der Waals surface area contributed by atoms with Crippen molar-refractivity contribution in [3.05, 3.63) is 29.5 Å². The first-order valence-electron chi connectivity index (χ1n) is 5.18. The Kier molecular flexibility index (Phi) is 4.09. The van der Waals surface area contributed by atoms with Gasteiger partial charge < -0.3 is 0 Å². The molecule has 0 N–H and O–H groups in total. The van der Waals surface area contributed by atoms with Crippen molar-refractivity contribution in [1.82, 2.24) is 9.97 Å². The Morgan fingerprint density at radius 1 is 1.28 bits per heavy atom. The highest BCUT2D eigenvalue weighted by molar-refractivity contribution is 8.00. The molecule has 1 heterocycles. The molecule has 0 amide bonds. The van der Waals surface area contributed by atoms with Gasteiger partial charge in [0, 0.05) is 17.4 Å². The van der Waals surface area contributed by atoms with Gasteiger partial charge in [-0.2, -0.15) is 0 Å². The number of benzene rings is 1. The third-order valence-electron chi connectivity index (χ3n) is 2.23. The summed E-state index contributed by atoms with van der Waals surface area (Å²) in [4.78, 5) is 8.26. The average molecular weight is 303 g/mol. The van der Waals surface area contributed by atoms with E-state index in [1.165, 1.54) is 18.0 Å². The van der Waals surface area contributed by atoms with Crippen LogP contribution in [0, 0.1) is 0 Å². The van der Waals surface area contributed by atoms with E-state index in [2.05, 4.69) is 9.97 Å². The summed E-state index contributed by atoms with van der Waals surface area (Å²) in [6.07, 6.45) is 1.22. The molecule has 0 bridgehead atoms. The molecule has 96 valence electrons. The van der Waals surface area contributed by atoms with Gasteiger partial charge >= 0.3 is 0 Å². The second-order valence-corrected chi connectivity index (χ2v) is 7.47. The summed E-state index contributed by atoms with van der Waals surface area (Å²) in [7, 11) is -2.95. The number of nitrogens with zero attached hydrogens (tertiary/aromatic N) is 2. The highest BCUT2D eigenvalue weighted by Gasteiger charge is 2.08. The zero-order valence-electron chi connectivity index (χ0n) is 9.63. The normalized spacial score (nSPS) is 11.9. The maximum absolute atomic E-state index is 11.1. The molecule has 0 aliphatic carbocycles. The number of para-hydroxylation sites is 1. The van der Waals surface area contributed by atoms with Crippen molar-refractivity contribution in [2.24, 2.45) is 0 Å². The largest absolute Gasteiger partial charge is 0.229 e. The lowest BCUT2D eigenvalue weighted by molar-refractivity contribution is 0.603. The lowest BCUT2D eigenvalue weighted by Crippen LogP contribution is -2.05. The zero-order valence-corrected chi connectivity index (χ0v) is 12.0. The van der Waals surface area contributed by atoms with Gasteiger partial charge in [0.15, 0.2) is 0 Å². The van der Waals surface area contributed by atoms with E-state index in [-0.39, 0.29) is 11.0 Å². The summed E-state index contributed by atoms with van der Waals surface area (Å²) in [5.74, 6) is 0.573. The highest BCUT2D eigenvalue weighted by Crippen LogP contribution is 2.26. The molecule has 1 aromatic carbocycles. The summed E-state index contributed by atoms with van der Waals surface area (Å²) in [6, 6.07) is 7.51. The number of halogens is 1. The van der Waals surface area contributed by atoms with E-state index in [9.17, 15) is 8.42 Å². The first kappa shape index (κ1) is 13.6. The maximum atomic E-state index is 11.1. The molecule has 0 fully saturated rings. The van der Waals surface area contributed by atoms with Crippen LogP contribution in [-0.4, -0.2) is 36.1 Å². The molecule has 1 aromatic heterocycles. The predicted octanol–water partition coefficient (Wildman–Crippen LogP) is 2.42. The van der Waals surface area contributed by atoms with Crippen LogP contribution in [0.15, 0.2) is 29.3 Å². The second-order valence-electron chi connectivity index (χ2n) is 3.79. The Morgan fingerprint density at radius 2 is 2.00 bits per heavy atom. The maximum Gasteiger partial charge on any atom is 0.224 e. The van der Waals surface area contributed by atoms with E-state index < -0.39 is 9.84 Å². The van der Waals surface area contributed by atoms with E-state index in [1.807, 2.05) is 24.3 Å². The molecule has 0 saturated heterocycles. The molecule has 7 heteroatoms. The summed E-state index contributed by atoms with van der Waals surface area (Å²) in [5, 5.41) is 1.78.